The van der Waals surface area contributed by atoms with E-state index in [0.29, 0.717) is 16.1 Å². The van der Waals surface area contributed by atoms with Crippen LogP contribution in [-0.2, 0) is 0 Å². The van der Waals surface area contributed by atoms with Gasteiger partial charge in [-0.15, -0.1) is 11.8 Å². The Morgan fingerprint density at radius 1 is 1.12 bits per heavy atom. The number of hydrogen-bond acceptors (Lipinski definition) is 1. The van der Waals surface area contributed by atoms with Crippen LogP contribution < -0.4 is 0 Å². The molecule has 0 bridgehead atoms. The number of rotatable bonds is 0. The van der Waals surface area contributed by atoms with Crippen molar-refractivity contribution in [2.24, 2.45) is 5.41 Å². The number of thioether (sulfide) groups is 1. The van der Waals surface area contributed by atoms with Crippen molar-refractivity contribution in [1.82, 2.24) is 0 Å². The van der Waals surface area contributed by atoms with Gasteiger partial charge in [0, 0.05) is 9.64 Å². The molecule has 0 N–H and O–H groups in total. The monoisotopic (exact) mass is 234 g/mol. The van der Waals surface area contributed by atoms with Crippen LogP contribution in [0, 0.1) is 5.41 Å². The van der Waals surface area contributed by atoms with E-state index in [1.54, 1.807) is 0 Å². The van der Waals surface area contributed by atoms with Crippen molar-refractivity contribution in [2.45, 2.75) is 56.6 Å². The first-order valence-corrected chi connectivity index (χ1v) is 6.93. The minimum absolute atomic E-state index is 0.299. The lowest BCUT2D eigenvalue weighted by Gasteiger charge is -2.40. The summed E-state index contributed by atoms with van der Waals surface area (Å²) >= 11 is 2.05. The van der Waals surface area contributed by atoms with Crippen molar-refractivity contribution >= 4 is 11.8 Å². The van der Waals surface area contributed by atoms with Gasteiger partial charge in [0.05, 0.1) is 0 Å². The van der Waals surface area contributed by atoms with Crippen molar-refractivity contribution in [3.63, 3.8) is 0 Å². The third-order valence-electron chi connectivity index (χ3n) is 4.26. The Morgan fingerprint density at radius 3 is 2.44 bits per heavy atom. The number of fused-ring (bicyclic) bond motifs is 1. The lowest BCUT2D eigenvalue weighted by Crippen LogP contribution is -2.35. The fourth-order valence-corrected chi connectivity index (χ4v) is 3.96. The maximum atomic E-state index is 2.41. The van der Waals surface area contributed by atoms with Gasteiger partial charge in [-0.1, -0.05) is 39.0 Å². The number of benzene rings is 1. The highest BCUT2D eigenvalue weighted by Crippen LogP contribution is 2.54. The van der Waals surface area contributed by atoms with E-state index in [1.807, 2.05) is 11.8 Å². The van der Waals surface area contributed by atoms with Gasteiger partial charge in [-0.2, -0.15) is 0 Å². The van der Waals surface area contributed by atoms with Gasteiger partial charge in [0.2, 0.25) is 0 Å². The largest absolute Gasteiger partial charge is 0.119 e. The molecule has 0 amide bonds. The maximum Gasteiger partial charge on any atom is 0.0202 e. The molecule has 16 heavy (non-hydrogen) atoms. The van der Waals surface area contributed by atoms with E-state index in [9.17, 15) is 0 Å². The quantitative estimate of drug-likeness (QED) is 0.602. The van der Waals surface area contributed by atoms with Crippen LogP contribution in [-0.4, -0.2) is 4.75 Å². The van der Waals surface area contributed by atoms with Crippen molar-refractivity contribution < 1.29 is 0 Å². The Kier molecular flexibility index (Phi) is 2.86. The summed E-state index contributed by atoms with van der Waals surface area (Å²) in [6, 6.07) is 8.90. The maximum absolute atomic E-state index is 2.41. The molecule has 0 fully saturated rings. The van der Waals surface area contributed by atoms with Gasteiger partial charge in [0.1, 0.15) is 0 Å². The van der Waals surface area contributed by atoms with Crippen LogP contribution in [0.25, 0.3) is 0 Å². The first-order chi connectivity index (χ1) is 7.33. The molecule has 88 valence electrons. The molecule has 1 aromatic rings. The van der Waals surface area contributed by atoms with Crippen molar-refractivity contribution in [1.29, 1.82) is 0 Å². The first-order valence-electron chi connectivity index (χ1n) is 6.11. The molecule has 1 heteroatoms. The fourth-order valence-electron chi connectivity index (χ4n) is 2.51. The predicted octanol–water partition coefficient (Wildman–Crippen LogP) is 5.09. The molecule has 2 rings (SSSR count). The average molecular weight is 234 g/mol. The SMILES string of the molecule is CC1CC(C)(C)C(C)(C)Sc2ccccc21. The Hall–Kier alpha value is -0.430. The Morgan fingerprint density at radius 2 is 1.75 bits per heavy atom. The van der Waals surface area contributed by atoms with Crippen LogP contribution >= 0.6 is 11.8 Å². The van der Waals surface area contributed by atoms with Crippen LogP contribution in [0.2, 0.25) is 0 Å². The van der Waals surface area contributed by atoms with E-state index >= 15 is 0 Å². The third-order valence-corrected chi connectivity index (χ3v) is 5.92. The topological polar surface area (TPSA) is 0 Å². The zero-order valence-electron chi connectivity index (χ0n) is 11.0. The summed E-state index contributed by atoms with van der Waals surface area (Å²) in [6.07, 6.45) is 1.27. The van der Waals surface area contributed by atoms with E-state index in [-0.39, 0.29) is 0 Å². The second-order valence-electron chi connectivity index (χ2n) is 6.14. The van der Waals surface area contributed by atoms with E-state index in [4.69, 9.17) is 0 Å². The predicted molar refractivity (Wildman–Crippen MR) is 73.2 cm³/mol. The van der Waals surface area contributed by atoms with Crippen LogP contribution in [0.3, 0.4) is 0 Å². The molecule has 0 nitrogen and oxygen atoms in total. The Labute approximate surface area is 104 Å². The molecule has 1 aliphatic heterocycles. The molecule has 0 radical (unpaired) electrons. The minimum atomic E-state index is 0.299. The van der Waals surface area contributed by atoms with E-state index < -0.39 is 0 Å². The molecule has 1 atom stereocenters. The van der Waals surface area contributed by atoms with E-state index in [1.165, 1.54) is 16.9 Å². The summed E-state index contributed by atoms with van der Waals surface area (Å²) in [7, 11) is 0. The van der Waals surface area contributed by atoms with Crippen molar-refractivity contribution in [3.05, 3.63) is 29.8 Å². The highest BCUT2D eigenvalue weighted by Gasteiger charge is 2.41. The smallest absolute Gasteiger partial charge is 0.0202 e. The van der Waals surface area contributed by atoms with Gasteiger partial charge in [-0.3, -0.25) is 0 Å². The lowest BCUT2D eigenvalue weighted by atomic mass is 9.73. The summed E-state index contributed by atoms with van der Waals surface area (Å²) in [5, 5.41) is 0. The summed E-state index contributed by atoms with van der Waals surface area (Å²) in [5.41, 5.74) is 1.90. The summed E-state index contributed by atoms with van der Waals surface area (Å²) in [5.74, 6) is 0.667. The molecular weight excluding hydrogens is 212 g/mol. The molecule has 0 aliphatic carbocycles. The highest BCUT2D eigenvalue weighted by atomic mass is 32.2. The normalized spacial score (nSPS) is 26.9. The molecule has 1 unspecified atom stereocenters. The summed E-state index contributed by atoms with van der Waals surface area (Å²) < 4.78 is 0.299. The fraction of sp³-hybridized carbons (Fsp3) is 0.600. The van der Waals surface area contributed by atoms with Crippen LogP contribution in [0.15, 0.2) is 29.2 Å². The zero-order chi connectivity index (χ0) is 12.0. The van der Waals surface area contributed by atoms with Gasteiger partial charge >= 0.3 is 0 Å². The summed E-state index contributed by atoms with van der Waals surface area (Å²) in [4.78, 5) is 1.48. The molecule has 1 aromatic carbocycles. The van der Waals surface area contributed by atoms with Gasteiger partial charge < -0.3 is 0 Å². The van der Waals surface area contributed by atoms with Gasteiger partial charge in [0.15, 0.2) is 0 Å². The molecular formula is C15H22S. The van der Waals surface area contributed by atoms with Gasteiger partial charge in [-0.05, 0) is 43.2 Å². The third kappa shape index (κ3) is 1.90. The average Bonchev–Trinajstić information content (AvgIpc) is 2.22. The highest BCUT2D eigenvalue weighted by molar-refractivity contribution is 8.00. The zero-order valence-corrected chi connectivity index (χ0v) is 11.8. The molecule has 0 aromatic heterocycles. The molecule has 0 saturated heterocycles. The lowest BCUT2D eigenvalue weighted by molar-refractivity contribution is 0.247. The van der Waals surface area contributed by atoms with Crippen LogP contribution in [0.4, 0.5) is 0 Å². The molecule has 1 heterocycles. The molecule has 1 aliphatic rings. The second kappa shape index (κ2) is 3.80. The van der Waals surface area contributed by atoms with Crippen LogP contribution in [0.1, 0.15) is 52.5 Å². The minimum Gasteiger partial charge on any atom is -0.119 e. The van der Waals surface area contributed by atoms with Crippen molar-refractivity contribution in [2.75, 3.05) is 0 Å². The van der Waals surface area contributed by atoms with Crippen molar-refractivity contribution in [3.8, 4) is 0 Å². The van der Waals surface area contributed by atoms with E-state index in [0.717, 1.165) is 0 Å². The van der Waals surface area contributed by atoms with Gasteiger partial charge in [-0.25, -0.2) is 0 Å². The molecule has 0 saturated carbocycles. The van der Waals surface area contributed by atoms with Crippen LogP contribution in [0.5, 0.6) is 0 Å². The Bertz CT molecular complexity index is 390. The summed E-state index contributed by atoms with van der Waals surface area (Å²) in [6.45, 7) is 11.9. The molecule has 0 spiro atoms. The standard InChI is InChI=1S/C15H22S/c1-11-10-14(2,3)15(4,5)16-13-9-7-6-8-12(11)13/h6-9,11H,10H2,1-5H3. The Balaban J connectivity index is 2.50. The second-order valence-corrected chi connectivity index (χ2v) is 7.80. The van der Waals surface area contributed by atoms with E-state index in [2.05, 4.69) is 58.9 Å². The van der Waals surface area contributed by atoms with Gasteiger partial charge in [0.25, 0.3) is 0 Å². The first kappa shape index (κ1) is 12.0. The number of hydrogen-bond donors (Lipinski definition) is 0.